The molecule has 2 amide bonds. The number of methoxy groups -OCH3 is 1. The van der Waals surface area contributed by atoms with Gasteiger partial charge in [-0.15, -0.1) is 0 Å². The second-order valence-electron chi connectivity index (χ2n) is 6.32. The number of rotatable bonds is 5. The first-order chi connectivity index (χ1) is 12.5. The number of fused-ring (bicyclic) bond motifs is 1. The van der Waals surface area contributed by atoms with Crippen LogP contribution in [-0.4, -0.2) is 37.3 Å². The SMILES string of the molecule is COc1ccc(CCNC(=O)C2(C)Sc3ccccc3N(C)C2=O)cc1. The Bertz CT molecular complexity index is 822. The van der Waals surface area contributed by atoms with E-state index in [0.717, 1.165) is 21.9 Å². The molecule has 0 aromatic heterocycles. The van der Waals surface area contributed by atoms with Crippen molar-refractivity contribution in [2.24, 2.45) is 0 Å². The molecule has 1 aliphatic heterocycles. The summed E-state index contributed by atoms with van der Waals surface area (Å²) >= 11 is 1.31. The standard InChI is InChI=1S/C20H22N2O3S/c1-20(19(24)22(2)16-6-4-5-7-17(16)26-20)18(23)21-13-12-14-8-10-15(25-3)11-9-14/h4-11H,12-13H2,1-3H3,(H,21,23). The van der Waals surface area contributed by atoms with Gasteiger partial charge in [-0.2, -0.15) is 0 Å². The second kappa shape index (κ2) is 7.41. The molecule has 0 aliphatic carbocycles. The molecule has 1 N–H and O–H groups in total. The molecule has 5 nitrogen and oxygen atoms in total. The van der Waals surface area contributed by atoms with E-state index in [0.29, 0.717) is 13.0 Å². The highest BCUT2D eigenvalue weighted by Crippen LogP contribution is 2.44. The molecule has 1 atom stereocenters. The predicted octanol–water partition coefficient (Wildman–Crippen LogP) is 2.88. The smallest absolute Gasteiger partial charge is 0.252 e. The average Bonchev–Trinajstić information content (AvgIpc) is 2.66. The van der Waals surface area contributed by atoms with E-state index in [4.69, 9.17) is 4.74 Å². The van der Waals surface area contributed by atoms with E-state index in [1.165, 1.54) is 11.8 Å². The maximum atomic E-state index is 12.8. The largest absolute Gasteiger partial charge is 0.497 e. The van der Waals surface area contributed by atoms with Gasteiger partial charge in [-0.25, -0.2) is 0 Å². The zero-order valence-electron chi connectivity index (χ0n) is 15.1. The summed E-state index contributed by atoms with van der Waals surface area (Å²) in [5, 5.41) is 2.91. The summed E-state index contributed by atoms with van der Waals surface area (Å²) in [4.78, 5) is 28.1. The number of para-hydroxylation sites is 1. The number of ether oxygens (including phenoxy) is 1. The first-order valence-electron chi connectivity index (χ1n) is 8.43. The van der Waals surface area contributed by atoms with Crippen molar-refractivity contribution < 1.29 is 14.3 Å². The van der Waals surface area contributed by atoms with Crippen LogP contribution in [-0.2, 0) is 16.0 Å². The summed E-state index contributed by atoms with van der Waals surface area (Å²) in [5.74, 6) is 0.335. The number of nitrogens with one attached hydrogen (secondary N) is 1. The molecule has 2 aromatic rings. The summed E-state index contributed by atoms with van der Waals surface area (Å²) in [6.45, 7) is 2.16. The molecule has 0 fully saturated rings. The molecule has 1 unspecified atom stereocenters. The Morgan fingerprint density at radius 1 is 1.19 bits per heavy atom. The Morgan fingerprint density at radius 3 is 2.58 bits per heavy atom. The van der Waals surface area contributed by atoms with E-state index in [-0.39, 0.29) is 11.8 Å². The van der Waals surface area contributed by atoms with Crippen molar-refractivity contribution in [2.45, 2.75) is 23.0 Å². The fraction of sp³-hybridized carbons (Fsp3) is 0.300. The van der Waals surface area contributed by atoms with Crippen molar-refractivity contribution >= 4 is 29.3 Å². The van der Waals surface area contributed by atoms with E-state index in [1.54, 1.807) is 26.0 Å². The van der Waals surface area contributed by atoms with Crippen LogP contribution in [0.3, 0.4) is 0 Å². The molecule has 0 saturated carbocycles. The number of benzene rings is 2. The van der Waals surface area contributed by atoms with Gasteiger partial charge in [0.05, 0.1) is 12.8 Å². The van der Waals surface area contributed by atoms with Crippen LogP contribution in [0.1, 0.15) is 12.5 Å². The number of hydrogen-bond donors (Lipinski definition) is 1. The lowest BCUT2D eigenvalue weighted by molar-refractivity contribution is -0.131. The van der Waals surface area contributed by atoms with E-state index in [9.17, 15) is 9.59 Å². The number of thioether (sulfide) groups is 1. The minimum absolute atomic E-state index is 0.205. The molecule has 0 saturated heterocycles. The van der Waals surface area contributed by atoms with Crippen LogP contribution in [0.2, 0.25) is 0 Å². The number of hydrogen-bond acceptors (Lipinski definition) is 4. The highest BCUT2D eigenvalue weighted by molar-refractivity contribution is 8.02. The summed E-state index contributed by atoms with van der Waals surface area (Å²) < 4.78 is 3.98. The van der Waals surface area contributed by atoms with Crippen LogP contribution >= 0.6 is 11.8 Å². The van der Waals surface area contributed by atoms with Gasteiger partial charge in [-0.1, -0.05) is 36.0 Å². The average molecular weight is 370 g/mol. The first-order valence-corrected chi connectivity index (χ1v) is 9.25. The Labute approximate surface area is 157 Å². The van der Waals surface area contributed by atoms with Crippen molar-refractivity contribution in [2.75, 3.05) is 25.6 Å². The number of nitrogens with zero attached hydrogens (tertiary/aromatic N) is 1. The fourth-order valence-electron chi connectivity index (χ4n) is 2.94. The van der Waals surface area contributed by atoms with Crippen LogP contribution in [0, 0.1) is 0 Å². The Balaban J connectivity index is 1.66. The lowest BCUT2D eigenvalue weighted by Crippen LogP contribution is -2.55. The molecule has 0 bridgehead atoms. The van der Waals surface area contributed by atoms with Crippen LogP contribution in [0.4, 0.5) is 5.69 Å². The van der Waals surface area contributed by atoms with Gasteiger partial charge in [0.15, 0.2) is 4.75 Å². The topological polar surface area (TPSA) is 58.6 Å². The Hall–Kier alpha value is -2.47. The van der Waals surface area contributed by atoms with Crippen molar-refractivity contribution in [3.05, 3.63) is 54.1 Å². The summed E-state index contributed by atoms with van der Waals surface area (Å²) in [6, 6.07) is 15.4. The quantitative estimate of drug-likeness (QED) is 0.823. The zero-order chi connectivity index (χ0) is 18.7. The molecular weight excluding hydrogens is 348 g/mol. The molecular formula is C20H22N2O3S. The zero-order valence-corrected chi connectivity index (χ0v) is 15.9. The third-order valence-corrected chi connectivity index (χ3v) is 5.88. The van der Waals surface area contributed by atoms with Gasteiger partial charge >= 0.3 is 0 Å². The van der Waals surface area contributed by atoms with Gasteiger partial charge in [0.25, 0.3) is 5.91 Å². The number of carbonyl (C=O) groups excluding carboxylic acids is 2. The van der Waals surface area contributed by atoms with Gasteiger partial charge in [0.2, 0.25) is 5.91 Å². The second-order valence-corrected chi connectivity index (χ2v) is 7.78. The summed E-state index contributed by atoms with van der Waals surface area (Å²) in [7, 11) is 3.34. The first kappa shape index (κ1) is 18.3. The fourth-order valence-corrected chi connectivity index (χ4v) is 4.22. The monoisotopic (exact) mass is 370 g/mol. The third-order valence-electron chi connectivity index (χ3n) is 4.55. The van der Waals surface area contributed by atoms with Crippen molar-refractivity contribution in [3.63, 3.8) is 0 Å². The van der Waals surface area contributed by atoms with Gasteiger partial charge in [0.1, 0.15) is 5.75 Å². The van der Waals surface area contributed by atoms with Crippen LogP contribution in [0.15, 0.2) is 53.4 Å². The van der Waals surface area contributed by atoms with Crippen molar-refractivity contribution in [1.29, 1.82) is 0 Å². The predicted molar refractivity (Wildman–Crippen MR) is 104 cm³/mol. The Kier molecular flexibility index (Phi) is 5.23. The molecule has 26 heavy (non-hydrogen) atoms. The summed E-state index contributed by atoms with van der Waals surface area (Å²) in [6.07, 6.45) is 0.692. The maximum Gasteiger partial charge on any atom is 0.252 e. The number of carbonyl (C=O) groups is 2. The Morgan fingerprint density at radius 2 is 1.88 bits per heavy atom. The minimum atomic E-state index is -1.16. The maximum absolute atomic E-state index is 12.8. The third kappa shape index (κ3) is 3.42. The van der Waals surface area contributed by atoms with E-state index in [2.05, 4.69) is 5.32 Å². The van der Waals surface area contributed by atoms with Gasteiger partial charge in [-0.3, -0.25) is 9.59 Å². The molecule has 0 spiro atoms. The molecule has 1 aliphatic rings. The lowest BCUT2D eigenvalue weighted by atomic mass is 10.1. The van der Waals surface area contributed by atoms with Crippen LogP contribution in [0.25, 0.3) is 0 Å². The molecule has 136 valence electrons. The van der Waals surface area contributed by atoms with E-state index >= 15 is 0 Å². The van der Waals surface area contributed by atoms with Crippen LogP contribution < -0.4 is 15.0 Å². The van der Waals surface area contributed by atoms with Gasteiger partial charge in [0, 0.05) is 18.5 Å². The van der Waals surface area contributed by atoms with Crippen molar-refractivity contribution in [1.82, 2.24) is 5.32 Å². The number of amides is 2. The lowest BCUT2D eigenvalue weighted by Gasteiger charge is -2.36. The molecule has 2 aromatic carbocycles. The molecule has 1 heterocycles. The molecule has 3 rings (SSSR count). The van der Waals surface area contributed by atoms with Crippen LogP contribution in [0.5, 0.6) is 5.75 Å². The van der Waals surface area contributed by atoms with Gasteiger partial charge < -0.3 is 15.0 Å². The molecule has 6 heteroatoms. The van der Waals surface area contributed by atoms with E-state index < -0.39 is 4.75 Å². The van der Waals surface area contributed by atoms with Gasteiger partial charge in [-0.05, 0) is 43.2 Å². The highest BCUT2D eigenvalue weighted by Gasteiger charge is 2.48. The normalized spacial score (nSPS) is 19.0. The minimum Gasteiger partial charge on any atom is -0.497 e. The molecule has 0 radical (unpaired) electrons. The van der Waals surface area contributed by atoms with Crippen molar-refractivity contribution in [3.8, 4) is 5.75 Å². The summed E-state index contributed by atoms with van der Waals surface area (Å²) in [5.41, 5.74) is 1.94. The van der Waals surface area contributed by atoms with E-state index in [1.807, 2.05) is 48.5 Å². The highest BCUT2D eigenvalue weighted by atomic mass is 32.2. The number of anilines is 1.